The fourth-order valence-corrected chi connectivity index (χ4v) is 3.26. The van der Waals surface area contributed by atoms with Crippen LogP contribution in [0, 0.1) is 5.92 Å². The summed E-state index contributed by atoms with van der Waals surface area (Å²) in [5.74, 6) is 0.712. The van der Waals surface area contributed by atoms with Crippen LogP contribution in [0.5, 0.6) is 0 Å². The van der Waals surface area contributed by atoms with E-state index in [-0.39, 0.29) is 24.3 Å². The van der Waals surface area contributed by atoms with E-state index in [0.29, 0.717) is 5.82 Å². The fourth-order valence-electron chi connectivity index (χ4n) is 3.26. The summed E-state index contributed by atoms with van der Waals surface area (Å²) in [4.78, 5) is 30.3. The zero-order valence-electron chi connectivity index (χ0n) is 14.3. The molecule has 0 unspecified atom stereocenters. The summed E-state index contributed by atoms with van der Waals surface area (Å²) in [7, 11) is 0. The minimum absolute atomic E-state index is 0.00692. The highest BCUT2D eigenvalue weighted by Crippen LogP contribution is 2.42. The maximum absolute atomic E-state index is 12.6. The van der Waals surface area contributed by atoms with E-state index in [1.807, 2.05) is 24.3 Å². The first kappa shape index (κ1) is 15.8. The maximum atomic E-state index is 12.6. The van der Waals surface area contributed by atoms with Crippen molar-refractivity contribution in [2.24, 2.45) is 5.92 Å². The molecule has 1 aliphatic carbocycles. The summed E-state index contributed by atoms with van der Waals surface area (Å²) in [5, 5.41) is 6.77. The smallest absolute Gasteiger partial charge is 0.325 e. The quantitative estimate of drug-likeness (QED) is 0.845. The summed E-state index contributed by atoms with van der Waals surface area (Å²) in [6.45, 7) is 3.88. The molecule has 25 heavy (non-hydrogen) atoms. The van der Waals surface area contributed by atoms with Gasteiger partial charge in [0.15, 0.2) is 0 Å². The number of amides is 3. The standard InChI is InChI=1S/C18H20N4O3/c1-3-11-4-6-12(7-5-11)15-19-14(25-21-15)10-22-16(23)18(2,13-8-9-13)20-17(22)24/h4-7,13H,3,8-10H2,1-2H3,(H,20,24)/t18-/m0/s1. The molecule has 2 aliphatic rings. The number of urea groups is 1. The molecule has 4 rings (SSSR count). The van der Waals surface area contributed by atoms with Gasteiger partial charge in [0.2, 0.25) is 11.7 Å². The van der Waals surface area contributed by atoms with Gasteiger partial charge in [-0.1, -0.05) is 36.3 Å². The number of nitrogens with zero attached hydrogens (tertiary/aromatic N) is 3. The predicted molar refractivity (Wildman–Crippen MR) is 89.3 cm³/mol. The van der Waals surface area contributed by atoms with Crippen LogP contribution in [-0.4, -0.2) is 32.5 Å². The van der Waals surface area contributed by atoms with Gasteiger partial charge in [0, 0.05) is 5.56 Å². The largest absolute Gasteiger partial charge is 0.337 e. The summed E-state index contributed by atoms with van der Waals surface area (Å²) < 4.78 is 5.24. The van der Waals surface area contributed by atoms with Crippen molar-refractivity contribution in [2.45, 2.75) is 45.2 Å². The van der Waals surface area contributed by atoms with Gasteiger partial charge in [0.1, 0.15) is 12.1 Å². The van der Waals surface area contributed by atoms with Gasteiger partial charge < -0.3 is 9.84 Å². The Hall–Kier alpha value is -2.70. The van der Waals surface area contributed by atoms with Crippen molar-refractivity contribution >= 4 is 11.9 Å². The molecule has 1 saturated heterocycles. The zero-order chi connectivity index (χ0) is 17.6. The average Bonchev–Trinajstić information content (AvgIpc) is 3.34. The van der Waals surface area contributed by atoms with Gasteiger partial charge in [-0.3, -0.25) is 9.69 Å². The summed E-state index contributed by atoms with van der Waals surface area (Å²) in [6.07, 6.45) is 2.90. The first-order valence-electron chi connectivity index (χ1n) is 8.57. The number of carbonyl (C=O) groups excluding carboxylic acids is 2. The third kappa shape index (κ3) is 2.69. The zero-order valence-corrected chi connectivity index (χ0v) is 14.3. The topological polar surface area (TPSA) is 88.3 Å². The van der Waals surface area contributed by atoms with E-state index in [1.165, 1.54) is 5.56 Å². The molecule has 1 N–H and O–H groups in total. The average molecular weight is 340 g/mol. The molecular weight excluding hydrogens is 320 g/mol. The first-order valence-corrected chi connectivity index (χ1v) is 8.57. The van der Waals surface area contributed by atoms with Crippen molar-refractivity contribution in [1.82, 2.24) is 20.4 Å². The van der Waals surface area contributed by atoms with Gasteiger partial charge in [-0.15, -0.1) is 0 Å². The molecular formula is C18H20N4O3. The van der Waals surface area contributed by atoms with E-state index in [2.05, 4.69) is 22.4 Å². The van der Waals surface area contributed by atoms with Crippen LogP contribution in [0.4, 0.5) is 4.79 Å². The Morgan fingerprint density at radius 3 is 2.64 bits per heavy atom. The lowest BCUT2D eigenvalue weighted by Crippen LogP contribution is -2.46. The Morgan fingerprint density at radius 1 is 1.28 bits per heavy atom. The minimum Gasteiger partial charge on any atom is -0.337 e. The third-order valence-corrected chi connectivity index (χ3v) is 5.08. The number of aromatic nitrogens is 2. The minimum atomic E-state index is -0.796. The number of nitrogens with one attached hydrogen (secondary N) is 1. The monoisotopic (exact) mass is 340 g/mol. The van der Waals surface area contributed by atoms with Crippen molar-refractivity contribution in [3.63, 3.8) is 0 Å². The summed E-state index contributed by atoms with van der Waals surface area (Å²) in [6, 6.07) is 7.51. The lowest BCUT2D eigenvalue weighted by molar-refractivity contribution is -0.132. The van der Waals surface area contributed by atoms with Crippen molar-refractivity contribution < 1.29 is 14.1 Å². The molecule has 0 spiro atoms. The molecule has 7 nitrogen and oxygen atoms in total. The highest BCUT2D eigenvalue weighted by molar-refractivity contribution is 6.07. The van der Waals surface area contributed by atoms with E-state index in [0.717, 1.165) is 29.7 Å². The van der Waals surface area contributed by atoms with Gasteiger partial charge in [-0.05, 0) is 37.7 Å². The van der Waals surface area contributed by atoms with Crippen LogP contribution < -0.4 is 5.32 Å². The first-order chi connectivity index (χ1) is 12.0. The summed E-state index contributed by atoms with van der Waals surface area (Å²) in [5.41, 5.74) is 1.27. The number of aryl methyl sites for hydroxylation is 1. The molecule has 1 aromatic carbocycles. The van der Waals surface area contributed by atoms with Crippen molar-refractivity contribution in [2.75, 3.05) is 0 Å². The number of benzene rings is 1. The van der Waals surface area contributed by atoms with Crippen LogP contribution in [0.15, 0.2) is 28.8 Å². The van der Waals surface area contributed by atoms with Gasteiger partial charge in [-0.25, -0.2) is 4.79 Å². The molecule has 2 heterocycles. The van der Waals surface area contributed by atoms with E-state index >= 15 is 0 Å². The molecule has 3 amide bonds. The van der Waals surface area contributed by atoms with Crippen LogP contribution in [0.2, 0.25) is 0 Å². The Balaban J connectivity index is 1.51. The Bertz CT molecular complexity index is 825. The molecule has 1 aliphatic heterocycles. The molecule has 0 radical (unpaired) electrons. The lowest BCUT2D eigenvalue weighted by atomic mass is 9.96. The number of hydrogen-bond acceptors (Lipinski definition) is 5. The number of carbonyl (C=O) groups is 2. The second-order valence-corrected chi connectivity index (χ2v) is 6.86. The lowest BCUT2D eigenvalue weighted by Gasteiger charge is -2.20. The molecule has 1 saturated carbocycles. The number of imide groups is 1. The molecule has 2 aromatic rings. The molecule has 2 fully saturated rings. The third-order valence-electron chi connectivity index (χ3n) is 5.08. The maximum Gasteiger partial charge on any atom is 0.325 e. The van der Waals surface area contributed by atoms with Crippen LogP contribution in [-0.2, 0) is 17.8 Å². The number of rotatable bonds is 5. The highest BCUT2D eigenvalue weighted by Gasteiger charge is 2.56. The van der Waals surface area contributed by atoms with E-state index in [9.17, 15) is 9.59 Å². The van der Waals surface area contributed by atoms with Gasteiger partial charge in [0.05, 0.1) is 0 Å². The van der Waals surface area contributed by atoms with Gasteiger partial charge >= 0.3 is 6.03 Å². The normalized spacial score (nSPS) is 23.2. The SMILES string of the molecule is CCc1ccc(-c2noc(CN3C(=O)N[C@@](C)(C4CC4)C3=O)n2)cc1. The van der Waals surface area contributed by atoms with Crippen LogP contribution in [0.25, 0.3) is 11.4 Å². The van der Waals surface area contributed by atoms with Crippen molar-refractivity contribution in [3.05, 3.63) is 35.7 Å². The van der Waals surface area contributed by atoms with Gasteiger partial charge in [-0.2, -0.15) is 4.98 Å². The van der Waals surface area contributed by atoms with E-state index in [4.69, 9.17) is 4.52 Å². The molecule has 7 heteroatoms. The Labute approximate surface area is 145 Å². The number of hydrogen-bond donors (Lipinski definition) is 1. The van der Waals surface area contributed by atoms with Crippen LogP contribution >= 0.6 is 0 Å². The fraction of sp³-hybridized carbons (Fsp3) is 0.444. The molecule has 1 atom stereocenters. The van der Waals surface area contributed by atoms with Crippen LogP contribution in [0.3, 0.4) is 0 Å². The van der Waals surface area contributed by atoms with Crippen molar-refractivity contribution in [3.8, 4) is 11.4 Å². The summed E-state index contributed by atoms with van der Waals surface area (Å²) >= 11 is 0. The van der Waals surface area contributed by atoms with E-state index in [1.54, 1.807) is 6.92 Å². The predicted octanol–water partition coefficient (Wildman–Crippen LogP) is 2.52. The second kappa shape index (κ2) is 5.68. The van der Waals surface area contributed by atoms with Gasteiger partial charge in [0.25, 0.3) is 5.91 Å². The van der Waals surface area contributed by atoms with Crippen molar-refractivity contribution in [1.29, 1.82) is 0 Å². The molecule has 130 valence electrons. The molecule has 1 aromatic heterocycles. The Kier molecular flexibility index (Phi) is 3.59. The second-order valence-electron chi connectivity index (χ2n) is 6.86. The highest BCUT2D eigenvalue weighted by atomic mass is 16.5. The van der Waals surface area contributed by atoms with Crippen LogP contribution in [0.1, 0.15) is 38.1 Å². The molecule has 0 bridgehead atoms. The van der Waals surface area contributed by atoms with E-state index < -0.39 is 11.6 Å². The Morgan fingerprint density at radius 2 is 2.00 bits per heavy atom.